The number of aromatic nitrogens is 2. The molecule has 4 heterocycles. The largest absolute Gasteiger partial charge is 0.313 e. The molecule has 0 fully saturated rings. The van der Waals surface area contributed by atoms with E-state index in [1.807, 2.05) is 11.3 Å². The Morgan fingerprint density at radius 1 is 0.925 bits per heavy atom. The van der Waals surface area contributed by atoms with Gasteiger partial charge in [-0.05, 0) is 94.0 Å². The van der Waals surface area contributed by atoms with Crippen molar-refractivity contribution < 1.29 is 0 Å². The minimum absolute atomic E-state index is 0.0169. The molecule has 0 atom stereocenters. The van der Waals surface area contributed by atoms with Crippen molar-refractivity contribution in [2.24, 2.45) is 0 Å². The molecule has 0 amide bonds. The van der Waals surface area contributed by atoms with Crippen molar-refractivity contribution in [1.82, 2.24) is 9.13 Å². The number of hydrogen-bond donors (Lipinski definition) is 0. The van der Waals surface area contributed by atoms with Crippen molar-refractivity contribution in [2.45, 2.75) is 33.1 Å². The lowest BCUT2D eigenvalue weighted by atomic mass is 10.0. The van der Waals surface area contributed by atoms with Gasteiger partial charge in [-0.25, -0.2) is 0 Å². The van der Waals surface area contributed by atoms with Crippen LogP contribution >= 0.6 is 32.1 Å². The molecule has 1 aliphatic carbocycles. The van der Waals surface area contributed by atoms with Crippen molar-refractivity contribution in [2.75, 3.05) is 0 Å². The minimum Gasteiger partial charge on any atom is -0.313 e. The van der Waals surface area contributed by atoms with E-state index in [0.29, 0.717) is 0 Å². The van der Waals surface area contributed by atoms with E-state index in [0.717, 1.165) is 19.3 Å². The zero-order chi connectivity index (χ0) is 26.8. The van der Waals surface area contributed by atoms with Crippen LogP contribution in [-0.2, 0) is 6.42 Å². The third-order valence-electron chi connectivity index (χ3n) is 8.39. The lowest BCUT2D eigenvalue weighted by Gasteiger charge is -2.15. The number of allylic oxidation sites excluding steroid dienone is 2. The smallest absolute Gasteiger partial charge is 0.0549 e. The first-order valence-corrected chi connectivity index (χ1v) is 17.3. The van der Waals surface area contributed by atoms with E-state index in [1.165, 1.54) is 76.2 Å². The molecule has 196 valence electrons. The van der Waals surface area contributed by atoms with E-state index in [9.17, 15) is 0 Å². The Bertz CT molecular complexity index is 2110. The number of hydrogen-bond acceptors (Lipinski definition) is 1. The van der Waals surface area contributed by atoms with Gasteiger partial charge in [0.15, 0.2) is 0 Å². The van der Waals surface area contributed by atoms with E-state index in [4.69, 9.17) is 0 Å². The summed E-state index contributed by atoms with van der Waals surface area (Å²) in [5, 5.41) is 4.09. The number of nitrogens with zero attached hydrogens (tertiary/aromatic N) is 2. The number of halogens is 1. The molecule has 3 aromatic carbocycles. The molecule has 0 N–H and O–H groups in total. The van der Waals surface area contributed by atoms with Gasteiger partial charge in [0.2, 0.25) is 0 Å². The van der Waals surface area contributed by atoms with Crippen LogP contribution in [0.5, 0.6) is 0 Å². The number of thiophene rings is 1. The average Bonchev–Trinajstić information content (AvgIpc) is 3.62. The summed E-state index contributed by atoms with van der Waals surface area (Å²) in [4.78, 5) is 1.37. The molecule has 8 rings (SSSR count). The second-order valence-electron chi connectivity index (χ2n) is 10.6. The molecule has 4 heteroatoms. The fraction of sp³-hybridized carbons (Fsp3) is 0.139. The zero-order valence-electron chi connectivity index (χ0n) is 22.6. The van der Waals surface area contributed by atoms with E-state index in [-0.39, 0.29) is 20.7 Å². The lowest BCUT2D eigenvalue weighted by molar-refractivity contribution is 0.960. The van der Waals surface area contributed by atoms with E-state index >= 15 is 0 Å². The number of rotatable bonds is 4. The second-order valence-corrected chi connectivity index (χ2v) is 13.9. The summed E-state index contributed by atoms with van der Waals surface area (Å²) in [6.45, 7) is 4.57. The Morgan fingerprint density at radius 2 is 1.75 bits per heavy atom. The molecule has 0 saturated heterocycles. The van der Waals surface area contributed by atoms with Crippen LogP contribution in [0.1, 0.15) is 52.7 Å². The molecule has 3 aromatic heterocycles. The molecule has 0 unspecified atom stereocenters. The molecule has 0 spiro atoms. The minimum atomic E-state index is -0.0169. The number of aryl methyl sites for hydroxylation is 2. The molecule has 6 aromatic rings. The van der Waals surface area contributed by atoms with Crippen molar-refractivity contribution in [3.05, 3.63) is 110 Å². The first kappa shape index (κ1) is 24.3. The summed E-state index contributed by atoms with van der Waals surface area (Å²) in [6.07, 6.45) is 12.7. The van der Waals surface area contributed by atoms with Gasteiger partial charge in [0, 0.05) is 48.4 Å². The predicted molar refractivity (Wildman–Crippen MR) is 185 cm³/mol. The fourth-order valence-electron chi connectivity index (χ4n) is 6.57. The van der Waals surface area contributed by atoms with Crippen LogP contribution in [0.3, 0.4) is 0 Å². The highest BCUT2D eigenvalue weighted by atomic mass is 127. The Balaban J connectivity index is 1.35. The molecular weight excluding hydrogens is 619 g/mol. The van der Waals surface area contributed by atoms with Gasteiger partial charge in [0.05, 0.1) is 16.7 Å². The SMILES string of the molecule is CC/C(=C\c1c(C)sc2ccc(-n3c4c(c5ccccc53)C=IC=C4)cc12)n1c2c(c3ccccc31)CCC=C2. The monoisotopic (exact) mass is 648 g/mol. The van der Waals surface area contributed by atoms with Crippen molar-refractivity contribution >= 4 is 91.9 Å². The van der Waals surface area contributed by atoms with Crippen LogP contribution in [0, 0.1) is 6.92 Å². The van der Waals surface area contributed by atoms with Crippen molar-refractivity contribution in [1.29, 1.82) is 0 Å². The Kier molecular flexibility index (Phi) is 5.82. The molecular formula is C36H29IN2S. The summed E-state index contributed by atoms with van der Waals surface area (Å²) < 4.78 is 11.2. The van der Waals surface area contributed by atoms with Crippen LogP contribution in [0.2, 0.25) is 0 Å². The van der Waals surface area contributed by atoms with Crippen LogP contribution in [-0.4, -0.2) is 13.1 Å². The lowest BCUT2D eigenvalue weighted by Crippen LogP contribution is -2.02. The molecule has 2 nitrogen and oxygen atoms in total. The van der Waals surface area contributed by atoms with E-state index < -0.39 is 0 Å². The van der Waals surface area contributed by atoms with E-state index in [1.54, 1.807) is 0 Å². The first-order chi connectivity index (χ1) is 19.7. The third-order valence-corrected chi connectivity index (χ3v) is 11.2. The highest BCUT2D eigenvalue weighted by molar-refractivity contribution is 14.2. The third kappa shape index (κ3) is 3.62. The van der Waals surface area contributed by atoms with E-state index in [2.05, 4.69) is 122 Å². The number of para-hydroxylation sites is 2. The number of fused-ring (bicyclic) bond motifs is 7. The predicted octanol–water partition coefficient (Wildman–Crippen LogP) is 10.6. The summed E-state index contributed by atoms with van der Waals surface area (Å²) in [5.74, 6) is 0. The van der Waals surface area contributed by atoms with Gasteiger partial charge in [-0.15, -0.1) is 11.3 Å². The van der Waals surface area contributed by atoms with Gasteiger partial charge >= 0.3 is 0 Å². The maximum absolute atomic E-state index is 2.52. The molecule has 0 saturated carbocycles. The molecule has 2 aliphatic rings. The molecule has 1 aliphatic heterocycles. The molecule has 0 radical (unpaired) electrons. The van der Waals surface area contributed by atoms with Gasteiger partial charge in [0.1, 0.15) is 0 Å². The normalized spacial score (nSPS) is 14.7. The quantitative estimate of drug-likeness (QED) is 0.168. The van der Waals surface area contributed by atoms with Gasteiger partial charge < -0.3 is 9.13 Å². The second kappa shape index (κ2) is 9.57. The highest BCUT2D eigenvalue weighted by Crippen LogP contribution is 2.40. The standard InChI is InChI=1S/C36H29IN2S/c1-3-24(38-32-13-7-4-10-26(32)27-11-5-8-14-33(27)38)20-29-23(2)40-36-17-16-25(21-30(29)36)39-34-15-9-6-12-28(34)31-22-37-19-18-35(31)39/h4,6-10,12-22H,3,5,11H2,1-2H3/b24-20+. The first-order valence-electron chi connectivity index (χ1n) is 14.0. The number of benzene rings is 3. The summed E-state index contributed by atoms with van der Waals surface area (Å²) in [6, 6.07) is 24.8. The van der Waals surface area contributed by atoms with Crippen LogP contribution < -0.4 is 0 Å². The summed E-state index contributed by atoms with van der Waals surface area (Å²) in [7, 11) is 0. The maximum Gasteiger partial charge on any atom is 0.0549 e. The zero-order valence-corrected chi connectivity index (χ0v) is 25.6. The van der Waals surface area contributed by atoms with Crippen LogP contribution in [0.15, 0.2) is 76.9 Å². The Labute approximate surface area is 248 Å². The molecule has 0 bridgehead atoms. The highest BCUT2D eigenvalue weighted by Gasteiger charge is 2.21. The van der Waals surface area contributed by atoms with Gasteiger partial charge in [-0.3, -0.25) is 0 Å². The van der Waals surface area contributed by atoms with Gasteiger partial charge in [0.25, 0.3) is 0 Å². The topological polar surface area (TPSA) is 9.86 Å². The fourth-order valence-corrected chi connectivity index (χ4v) is 9.36. The molecule has 40 heavy (non-hydrogen) atoms. The van der Waals surface area contributed by atoms with Crippen LogP contribution in [0.25, 0.3) is 61.5 Å². The van der Waals surface area contributed by atoms with Gasteiger partial charge in [-0.2, -0.15) is 0 Å². The average molecular weight is 649 g/mol. The Morgan fingerprint density at radius 3 is 2.62 bits per heavy atom. The van der Waals surface area contributed by atoms with Crippen molar-refractivity contribution in [3.8, 4) is 5.69 Å². The van der Waals surface area contributed by atoms with Gasteiger partial charge in [-0.1, -0.05) is 70.1 Å². The van der Waals surface area contributed by atoms with Crippen molar-refractivity contribution in [3.63, 3.8) is 0 Å². The maximum atomic E-state index is 2.52. The Hall–Kier alpha value is -3.48. The summed E-state index contributed by atoms with van der Waals surface area (Å²) >= 11 is 1.89. The van der Waals surface area contributed by atoms with Crippen LogP contribution in [0.4, 0.5) is 0 Å². The summed E-state index contributed by atoms with van der Waals surface area (Å²) in [5.41, 5.74) is 12.1.